The van der Waals surface area contributed by atoms with E-state index in [1.54, 1.807) is 24.3 Å². The van der Waals surface area contributed by atoms with Gasteiger partial charge in [0.15, 0.2) is 11.5 Å². The highest BCUT2D eigenvalue weighted by Crippen LogP contribution is 2.32. The van der Waals surface area contributed by atoms with Gasteiger partial charge >= 0.3 is 10.1 Å². The number of nitriles is 1. The van der Waals surface area contributed by atoms with E-state index < -0.39 is 31.5 Å². The molecule has 0 spiro atoms. The maximum Gasteiger partial charge on any atom is 0.339 e. The van der Waals surface area contributed by atoms with Crippen LogP contribution in [0.5, 0.6) is 11.5 Å². The Hall–Kier alpha value is -4.21. The number of nitro groups is 1. The second-order valence-electron chi connectivity index (χ2n) is 6.81. The number of para-hydroxylation sites is 1. The summed E-state index contributed by atoms with van der Waals surface area (Å²) in [6.45, 7) is 0. The van der Waals surface area contributed by atoms with Crippen LogP contribution in [-0.2, 0) is 14.9 Å². The minimum Gasteiger partial charge on any atom is -0.493 e. The summed E-state index contributed by atoms with van der Waals surface area (Å²) in [4.78, 5) is 22.4. The number of ether oxygens (including phenoxy) is 1. The Kier molecular flexibility index (Phi) is 7.85. The van der Waals surface area contributed by atoms with Crippen LogP contribution in [0, 0.1) is 21.4 Å². The van der Waals surface area contributed by atoms with Gasteiger partial charge in [0.1, 0.15) is 16.5 Å². The Labute approximate surface area is 208 Å². The molecule has 0 aliphatic carbocycles. The number of carbonyl (C=O) groups is 1. The molecule has 12 heteroatoms. The molecular weight excluding hydrogens is 542 g/mol. The van der Waals surface area contributed by atoms with Crippen LogP contribution in [0.15, 0.2) is 81.7 Å². The summed E-state index contributed by atoms with van der Waals surface area (Å²) in [5.74, 6) is -0.837. The van der Waals surface area contributed by atoms with Gasteiger partial charge in [0.2, 0.25) is 0 Å². The molecule has 0 saturated carbocycles. The number of nitrogens with zero attached hydrogens (tertiary/aromatic N) is 2. The van der Waals surface area contributed by atoms with Crippen LogP contribution in [0.25, 0.3) is 6.08 Å². The summed E-state index contributed by atoms with van der Waals surface area (Å²) < 4.78 is 36.2. The molecule has 0 bridgehead atoms. The van der Waals surface area contributed by atoms with Gasteiger partial charge in [0.05, 0.1) is 17.7 Å². The van der Waals surface area contributed by atoms with E-state index in [1.165, 1.54) is 37.5 Å². The minimum atomic E-state index is -4.42. The normalized spacial score (nSPS) is 11.3. The van der Waals surface area contributed by atoms with E-state index in [-0.39, 0.29) is 17.1 Å². The summed E-state index contributed by atoms with van der Waals surface area (Å²) in [6, 6.07) is 17.2. The number of amides is 1. The number of benzene rings is 3. The molecule has 3 aromatic carbocycles. The van der Waals surface area contributed by atoms with Crippen molar-refractivity contribution in [2.24, 2.45) is 0 Å². The molecule has 3 rings (SSSR count). The van der Waals surface area contributed by atoms with Crippen molar-refractivity contribution >= 4 is 49.4 Å². The number of rotatable bonds is 8. The fourth-order valence-corrected chi connectivity index (χ4v) is 4.19. The Morgan fingerprint density at radius 3 is 2.51 bits per heavy atom. The first kappa shape index (κ1) is 25.4. The van der Waals surface area contributed by atoms with E-state index in [4.69, 9.17) is 8.92 Å². The number of hydrogen-bond donors (Lipinski definition) is 1. The fraction of sp³-hybridized carbons (Fsp3) is 0.0435. The number of non-ortho nitro benzene ring substituents is 1. The molecule has 10 nitrogen and oxygen atoms in total. The van der Waals surface area contributed by atoms with Crippen LogP contribution in [0.2, 0.25) is 0 Å². The molecule has 0 fully saturated rings. The highest BCUT2D eigenvalue weighted by molar-refractivity contribution is 9.10. The third-order valence-corrected chi connectivity index (χ3v) is 6.42. The van der Waals surface area contributed by atoms with Gasteiger partial charge in [-0.2, -0.15) is 13.7 Å². The summed E-state index contributed by atoms with van der Waals surface area (Å²) in [7, 11) is -3.14. The van der Waals surface area contributed by atoms with Gasteiger partial charge in [0, 0.05) is 16.6 Å². The maximum absolute atomic E-state index is 12.6. The molecule has 0 saturated heterocycles. The average molecular weight is 558 g/mol. The van der Waals surface area contributed by atoms with E-state index >= 15 is 0 Å². The van der Waals surface area contributed by atoms with Gasteiger partial charge in [-0.1, -0.05) is 24.3 Å². The number of nitrogens with one attached hydrogen (secondary N) is 1. The van der Waals surface area contributed by atoms with Crippen molar-refractivity contribution in [2.45, 2.75) is 4.90 Å². The van der Waals surface area contributed by atoms with Gasteiger partial charge in [-0.25, -0.2) is 0 Å². The number of halogens is 1. The quantitative estimate of drug-likeness (QED) is 0.138. The molecule has 0 aliphatic rings. The van der Waals surface area contributed by atoms with Crippen LogP contribution >= 0.6 is 15.9 Å². The largest absolute Gasteiger partial charge is 0.493 e. The van der Waals surface area contributed by atoms with Crippen LogP contribution in [0.1, 0.15) is 5.56 Å². The first-order valence-electron chi connectivity index (χ1n) is 9.69. The maximum atomic E-state index is 12.6. The van der Waals surface area contributed by atoms with Crippen LogP contribution in [-0.4, -0.2) is 26.4 Å². The monoisotopic (exact) mass is 557 g/mol. The van der Waals surface area contributed by atoms with Crippen LogP contribution in [0.3, 0.4) is 0 Å². The number of hydrogen-bond acceptors (Lipinski definition) is 8. The van der Waals surface area contributed by atoms with E-state index in [9.17, 15) is 28.6 Å². The third kappa shape index (κ3) is 6.23. The predicted octanol–water partition coefficient (Wildman–Crippen LogP) is 4.68. The standard InChI is InChI=1S/C23H16BrN3O7S/c1-33-22-12-15(11-16(14-25)23(28)26-20-8-3-2-7-19(20)24)9-10-21(22)34-35(31,32)18-6-4-5-17(13-18)27(29)30/h2-13H,1H3,(H,26,28)/b16-11+. The van der Waals surface area contributed by atoms with Gasteiger partial charge in [0.25, 0.3) is 11.6 Å². The molecule has 1 amide bonds. The molecule has 0 atom stereocenters. The number of nitro benzene ring substituents is 1. The molecule has 0 aromatic heterocycles. The molecule has 178 valence electrons. The van der Waals surface area contributed by atoms with E-state index in [1.807, 2.05) is 6.07 Å². The van der Waals surface area contributed by atoms with Crippen molar-refractivity contribution in [3.63, 3.8) is 0 Å². The van der Waals surface area contributed by atoms with Crippen molar-refractivity contribution in [1.82, 2.24) is 0 Å². The van der Waals surface area contributed by atoms with Gasteiger partial charge in [-0.3, -0.25) is 14.9 Å². The lowest BCUT2D eigenvalue weighted by atomic mass is 10.1. The SMILES string of the molecule is COc1cc(/C=C(\C#N)C(=O)Nc2ccccc2Br)ccc1OS(=O)(=O)c1cccc([N+](=O)[O-])c1. The van der Waals surface area contributed by atoms with E-state index in [0.717, 1.165) is 18.2 Å². The minimum absolute atomic E-state index is 0.00347. The second kappa shape index (κ2) is 10.8. The van der Waals surface area contributed by atoms with Crippen LogP contribution in [0.4, 0.5) is 11.4 Å². The molecule has 0 unspecified atom stereocenters. The number of anilines is 1. The van der Waals surface area contributed by atoms with Crippen molar-refractivity contribution in [2.75, 3.05) is 12.4 Å². The predicted molar refractivity (Wildman–Crippen MR) is 130 cm³/mol. The van der Waals surface area contributed by atoms with Crippen molar-refractivity contribution in [1.29, 1.82) is 5.26 Å². The molecule has 1 N–H and O–H groups in total. The zero-order valence-corrected chi connectivity index (χ0v) is 20.4. The Morgan fingerprint density at radius 1 is 1.11 bits per heavy atom. The summed E-state index contributed by atoms with van der Waals surface area (Å²) in [5.41, 5.74) is 0.222. The molecule has 3 aromatic rings. The van der Waals surface area contributed by atoms with E-state index in [0.29, 0.717) is 15.7 Å². The zero-order chi connectivity index (χ0) is 25.6. The fourth-order valence-electron chi connectivity index (χ4n) is 2.83. The number of methoxy groups -OCH3 is 1. The topological polar surface area (TPSA) is 149 Å². The smallest absolute Gasteiger partial charge is 0.339 e. The van der Waals surface area contributed by atoms with Gasteiger partial charge in [-0.15, -0.1) is 0 Å². The summed E-state index contributed by atoms with van der Waals surface area (Å²) >= 11 is 3.31. The molecule has 0 heterocycles. The second-order valence-corrected chi connectivity index (χ2v) is 9.21. The lowest BCUT2D eigenvalue weighted by Crippen LogP contribution is -2.13. The zero-order valence-electron chi connectivity index (χ0n) is 18.0. The lowest BCUT2D eigenvalue weighted by Gasteiger charge is -2.11. The Bertz CT molecular complexity index is 1480. The van der Waals surface area contributed by atoms with Crippen molar-refractivity contribution in [3.8, 4) is 17.6 Å². The summed E-state index contributed by atoms with van der Waals surface area (Å²) in [6.07, 6.45) is 1.30. The van der Waals surface area contributed by atoms with E-state index in [2.05, 4.69) is 21.2 Å². The molecule has 0 aliphatic heterocycles. The Morgan fingerprint density at radius 2 is 1.86 bits per heavy atom. The van der Waals surface area contributed by atoms with Crippen molar-refractivity contribution in [3.05, 3.63) is 92.5 Å². The molecule has 0 radical (unpaired) electrons. The Balaban J connectivity index is 1.87. The van der Waals surface area contributed by atoms with Gasteiger partial charge < -0.3 is 14.2 Å². The molecule has 35 heavy (non-hydrogen) atoms. The van der Waals surface area contributed by atoms with Gasteiger partial charge in [-0.05, 0) is 57.9 Å². The highest BCUT2D eigenvalue weighted by atomic mass is 79.9. The first-order valence-corrected chi connectivity index (χ1v) is 11.9. The van der Waals surface area contributed by atoms with Crippen molar-refractivity contribution < 1.29 is 27.1 Å². The number of carbonyl (C=O) groups excluding carboxylic acids is 1. The average Bonchev–Trinajstić information content (AvgIpc) is 2.84. The third-order valence-electron chi connectivity index (χ3n) is 4.50. The summed E-state index contributed by atoms with van der Waals surface area (Å²) in [5, 5.41) is 23.0. The van der Waals surface area contributed by atoms with Crippen LogP contribution < -0.4 is 14.2 Å². The molecular formula is C23H16BrN3O7S. The first-order chi connectivity index (χ1) is 16.6. The highest BCUT2D eigenvalue weighted by Gasteiger charge is 2.22. The lowest BCUT2D eigenvalue weighted by molar-refractivity contribution is -0.385.